The van der Waals surface area contributed by atoms with Gasteiger partial charge in [-0.1, -0.05) is 90.1 Å². The van der Waals surface area contributed by atoms with E-state index < -0.39 is 0 Å². The van der Waals surface area contributed by atoms with Crippen LogP contribution in [0.1, 0.15) is 32.6 Å². The molecule has 1 heterocycles. The van der Waals surface area contributed by atoms with Crippen LogP contribution < -0.4 is 0 Å². The van der Waals surface area contributed by atoms with E-state index in [2.05, 4.69) is 86.0 Å². The minimum absolute atomic E-state index is 0.284. The quantitative estimate of drug-likeness (QED) is 0.146. The lowest BCUT2D eigenvalue weighted by Gasteiger charge is -2.11. The fourth-order valence-electron chi connectivity index (χ4n) is 4.77. The van der Waals surface area contributed by atoms with Crippen molar-refractivity contribution < 1.29 is 9.53 Å². The Labute approximate surface area is 204 Å². The Bertz CT molecular complexity index is 1490. The monoisotopic (exact) mass is 465 g/mol. The lowest BCUT2D eigenvalue weighted by Crippen LogP contribution is -2.05. The van der Waals surface area contributed by atoms with Gasteiger partial charge in [-0.3, -0.25) is 0 Å². The summed E-state index contributed by atoms with van der Waals surface area (Å²) in [6, 6.07) is 27.1. The van der Waals surface area contributed by atoms with Crippen LogP contribution in [0.2, 0.25) is 0 Å². The van der Waals surface area contributed by atoms with Gasteiger partial charge in [-0.25, -0.2) is 4.79 Å². The zero-order chi connectivity index (χ0) is 23.7. The van der Waals surface area contributed by atoms with E-state index in [1.54, 1.807) is 11.8 Å². The average Bonchev–Trinajstić information content (AvgIpc) is 3.19. The van der Waals surface area contributed by atoms with E-state index in [0.29, 0.717) is 12.1 Å². The first-order chi connectivity index (χ1) is 16.5. The first-order valence-corrected chi connectivity index (χ1v) is 12.4. The maximum absolute atomic E-state index is 13.1. The van der Waals surface area contributed by atoms with E-state index >= 15 is 0 Å². The molecule has 5 aromatic rings. The van der Waals surface area contributed by atoms with Crippen LogP contribution in [0.25, 0.3) is 21.7 Å². The maximum Gasteiger partial charge on any atom is 0.341 e. The number of aryl methyl sites for hydroxylation is 3. The summed E-state index contributed by atoms with van der Waals surface area (Å²) in [5, 5.41) is 3.36. The number of hydrogen-bond donors (Lipinski definition) is 0. The highest BCUT2D eigenvalue weighted by Crippen LogP contribution is 2.29. The number of benzene rings is 4. The number of esters is 1. The van der Waals surface area contributed by atoms with Crippen molar-refractivity contribution in [3.05, 3.63) is 113 Å². The molecule has 0 unspecified atom stereocenters. The molecule has 0 amide bonds. The number of fused-ring (bicyclic) bond motifs is 2. The van der Waals surface area contributed by atoms with Gasteiger partial charge in [0.25, 0.3) is 0 Å². The molecule has 0 aliphatic carbocycles. The van der Waals surface area contributed by atoms with E-state index in [-0.39, 0.29) is 11.9 Å². The molecule has 4 aromatic carbocycles. The molecule has 5 rings (SSSR count). The highest BCUT2D eigenvalue weighted by molar-refractivity contribution is 7.99. The molecule has 0 aliphatic heterocycles. The van der Waals surface area contributed by atoms with Crippen molar-refractivity contribution in [3.63, 3.8) is 0 Å². The van der Waals surface area contributed by atoms with Gasteiger partial charge in [0.1, 0.15) is 5.94 Å². The normalized spacial score (nSPS) is 11.3. The highest BCUT2D eigenvalue weighted by Gasteiger charge is 2.17. The van der Waals surface area contributed by atoms with Crippen LogP contribution in [-0.2, 0) is 11.3 Å². The minimum atomic E-state index is -0.289. The van der Waals surface area contributed by atoms with E-state index in [1.165, 1.54) is 37.9 Å². The molecule has 0 atom stereocenters. The second-order valence-corrected chi connectivity index (χ2v) is 9.68. The van der Waals surface area contributed by atoms with Gasteiger partial charge in [0.05, 0.1) is 5.56 Å². The number of aromatic nitrogens is 1. The van der Waals surface area contributed by atoms with E-state index in [9.17, 15) is 4.79 Å². The Kier molecular flexibility index (Phi) is 6.16. The lowest BCUT2D eigenvalue weighted by atomic mass is 10.0. The first kappa shape index (κ1) is 22.3. The molecule has 34 heavy (non-hydrogen) atoms. The molecular formula is C30H27NO2S. The fourth-order valence-corrected chi connectivity index (χ4v) is 5.63. The molecule has 0 spiro atoms. The largest absolute Gasteiger partial charge is 0.451 e. The summed E-state index contributed by atoms with van der Waals surface area (Å²) in [6.07, 6.45) is 1.93. The molecule has 3 nitrogen and oxygen atoms in total. The molecule has 1 aromatic heterocycles. The Morgan fingerprint density at radius 2 is 1.53 bits per heavy atom. The second-order valence-electron chi connectivity index (χ2n) is 8.75. The second kappa shape index (κ2) is 9.40. The number of carbonyl (C=O) groups excluding carboxylic acids is 1. The van der Waals surface area contributed by atoms with Crippen molar-refractivity contribution in [2.45, 2.75) is 32.2 Å². The highest BCUT2D eigenvalue weighted by atomic mass is 32.2. The van der Waals surface area contributed by atoms with Gasteiger partial charge in [0.15, 0.2) is 0 Å². The maximum atomic E-state index is 13.1. The van der Waals surface area contributed by atoms with Crippen molar-refractivity contribution in [2.75, 3.05) is 5.94 Å². The molecule has 0 saturated carbocycles. The van der Waals surface area contributed by atoms with Gasteiger partial charge < -0.3 is 9.30 Å². The van der Waals surface area contributed by atoms with Crippen LogP contribution in [0.4, 0.5) is 0 Å². The van der Waals surface area contributed by atoms with Crippen LogP contribution in [0, 0.1) is 20.8 Å². The van der Waals surface area contributed by atoms with Gasteiger partial charge >= 0.3 is 5.97 Å². The van der Waals surface area contributed by atoms with Gasteiger partial charge in [0.2, 0.25) is 0 Å². The number of para-hydroxylation sites is 1. The van der Waals surface area contributed by atoms with Gasteiger partial charge in [0, 0.05) is 28.5 Å². The third kappa shape index (κ3) is 4.34. The molecule has 4 heteroatoms. The van der Waals surface area contributed by atoms with Crippen LogP contribution in [0.15, 0.2) is 90.0 Å². The molecular weight excluding hydrogens is 438 g/mol. The molecule has 0 bridgehead atoms. The summed E-state index contributed by atoms with van der Waals surface area (Å²) in [5.74, 6) is -0.00495. The topological polar surface area (TPSA) is 31.2 Å². The summed E-state index contributed by atoms with van der Waals surface area (Å²) >= 11 is 1.57. The van der Waals surface area contributed by atoms with Crippen LogP contribution in [0.5, 0.6) is 0 Å². The van der Waals surface area contributed by atoms with Crippen molar-refractivity contribution >= 4 is 39.4 Å². The fraction of sp³-hybridized carbons (Fsp3) is 0.167. The number of nitrogens with zero attached hydrogens (tertiary/aromatic N) is 1. The van der Waals surface area contributed by atoms with Crippen LogP contribution in [0.3, 0.4) is 0 Å². The Morgan fingerprint density at radius 3 is 2.32 bits per heavy atom. The minimum Gasteiger partial charge on any atom is -0.451 e. The standard InChI is InChI=1S/C30H27NO2S/c1-20-15-21(2)29(22(3)16-20)34-19-33-30(32)27-18-31(28-14-7-6-13-26(27)28)17-24-11-8-10-23-9-4-5-12-25(23)24/h4-16,18H,17,19H2,1-3H3. The summed E-state index contributed by atoms with van der Waals surface area (Å²) in [5.41, 5.74) is 6.53. The van der Waals surface area contributed by atoms with Crippen molar-refractivity contribution in [1.29, 1.82) is 0 Å². The molecule has 0 aliphatic rings. The van der Waals surface area contributed by atoms with Crippen molar-refractivity contribution in [1.82, 2.24) is 4.57 Å². The van der Waals surface area contributed by atoms with Crippen LogP contribution >= 0.6 is 11.8 Å². The Morgan fingerprint density at radius 1 is 0.853 bits per heavy atom. The number of hydrogen-bond acceptors (Lipinski definition) is 3. The van der Waals surface area contributed by atoms with Gasteiger partial charge in [-0.05, 0) is 54.3 Å². The summed E-state index contributed by atoms with van der Waals surface area (Å²) in [6.45, 7) is 6.99. The number of thioether (sulfide) groups is 1. The third-order valence-corrected chi connectivity index (χ3v) is 7.40. The van der Waals surface area contributed by atoms with Crippen molar-refractivity contribution in [2.24, 2.45) is 0 Å². The Hall–Kier alpha value is -3.50. The van der Waals surface area contributed by atoms with E-state index in [0.717, 1.165) is 10.9 Å². The zero-order valence-electron chi connectivity index (χ0n) is 19.7. The first-order valence-electron chi connectivity index (χ1n) is 11.4. The summed E-state index contributed by atoms with van der Waals surface area (Å²) in [4.78, 5) is 14.3. The number of ether oxygens (including phenoxy) is 1. The predicted octanol–water partition coefficient (Wildman–Crippen LogP) is 7.67. The summed E-state index contributed by atoms with van der Waals surface area (Å²) < 4.78 is 7.87. The zero-order valence-corrected chi connectivity index (χ0v) is 20.5. The molecule has 0 fully saturated rings. The Balaban J connectivity index is 1.40. The van der Waals surface area contributed by atoms with Gasteiger partial charge in [-0.2, -0.15) is 0 Å². The predicted molar refractivity (Wildman–Crippen MR) is 142 cm³/mol. The molecule has 0 radical (unpaired) electrons. The molecule has 170 valence electrons. The van der Waals surface area contributed by atoms with Crippen molar-refractivity contribution in [3.8, 4) is 0 Å². The van der Waals surface area contributed by atoms with Gasteiger partial charge in [-0.15, -0.1) is 0 Å². The SMILES string of the molecule is Cc1cc(C)c(SCOC(=O)c2cn(Cc3cccc4ccccc34)c3ccccc23)c(C)c1. The number of rotatable bonds is 6. The molecule has 0 N–H and O–H groups in total. The average molecular weight is 466 g/mol. The van der Waals surface area contributed by atoms with E-state index in [1.807, 2.05) is 24.4 Å². The lowest BCUT2D eigenvalue weighted by molar-refractivity contribution is 0.0581. The molecule has 0 saturated heterocycles. The van der Waals surface area contributed by atoms with E-state index in [4.69, 9.17) is 4.74 Å². The number of carbonyl (C=O) groups is 1. The summed E-state index contributed by atoms with van der Waals surface area (Å²) in [7, 11) is 0. The smallest absolute Gasteiger partial charge is 0.341 e. The third-order valence-electron chi connectivity index (χ3n) is 6.23. The van der Waals surface area contributed by atoms with Crippen LogP contribution in [-0.4, -0.2) is 16.5 Å².